The summed E-state index contributed by atoms with van der Waals surface area (Å²) < 4.78 is 7.70. The van der Waals surface area contributed by atoms with Crippen LogP contribution in [0.2, 0.25) is 0 Å². The van der Waals surface area contributed by atoms with Gasteiger partial charge in [0.25, 0.3) is 5.91 Å². The predicted octanol–water partition coefficient (Wildman–Crippen LogP) is 3.81. The Labute approximate surface area is 187 Å². The summed E-state index contributed by atoms with van der Waals surface area (Å²) in [6, 6.07) is 24.7. The molecule has 1 aromatic heterocycles. The minimum Gasteiger partial charge on any atom is -0.484 e. The fourth-order valence-corrected chi connectivity index (χ4v) is 3.85. The average molecular weight is 430 g/mol. The van der Waals surface area contributed by atoms with E-state index in [0.717, 1.165) is 22.2 Å². The minimum atomic E-state index is -1.43. The van der Waals surface area contributed by atoms with E-state index in [4.69, 9.17) is 9.72 Å². The number of amides is 1. The predicted molar refractivity (Wildman–Crippen MR) is 125 cm³/mol. The minimum absolute atomic E-state index is 0.0381. The third-order valence-corrected chi connectivity index (χ3v) is 5.60. The smallest absolute Gasteiger partial charge is 0.259 e. The lowest BCUT2D eigenvalue weighted by molar-refractivity contribution is -0.130. The van der Waals surface area contributed by atoms with Crippen LogP contribution in [-0.2, 0) is 16.9 Å². The summed E-state index contributed by atoms with van der Waals surface area (Å²) in [5.41, 5.74) is 1.63. The van der Waals surface area contributed by atoms with Gasteiger partial charge in [0.2, 0.25) is 0 Å². The Hall–Kier alpha value is -3.64. The largest absolute Gasteiger partial charge is 0.484 e. The Morgan fingerprint density at radius 3 is 2.12 bits per heavy atom. The van der Waals surface area contributed by atoms with Crippen LogP contribution in [0.25, 0.3) is 11.0 Å². The fraction of sp³-hybridized carbons (Fsp3) is 0.231. The second-order valence-electron chi connectivity index (χ2n) is 7.85. The summed E-state index contributed by atoms with van der Waals surface area (Å²) in [4.78, 5) is 18.3. The molecular formula is C26H27N3O3. The first kappa shape index (κ1) is 21.6. The molecule has 0 spiro atoms. The molecule has 4 aromatic rings. The zero-order valence-corrected chi connectivity index (χ0v) is 18.5. The van der Waals surface area contributed by atoms with Gasteiger partial charge in [0.1, 0.15) is 5.75 Å². The first-order valence-electron chi connectivity index (χ1n) is 10.6. The molecule has 164 valence electrons. The molecule has 0 aliphatic rings. The number of imidazole rings is 1. The van der Waals surface area contributed by atoms with E-state index in [1.54, 1.807) is 20.2 Å². The number of aliphatic hydroxyl groups is 1. The van der Waals surface area contributed by atoms with Gasteiger partial charge in [0.05, 0.1) is 11.0 Å². The number of nitrogens with zero attached hydrogens (tertiary/aromatic N) is 3. The van der Waals surface area contributed by atoms with Crippen LogP contribution in [-0.4, -0.2) is 46.2 Å². The molecule has 0 unspecified atom stereocenters. The van der Waals surface area contributed by atoms with E-state index < -0.39 is 5.60 Å². The van der Waals surface area contributed by atoms with Crippen LogP contribution in [0.5, 0.6) is 5.75 Å². The van der Waals surface area contributed by atoms with Crippen LogP contribution in [0.4, 0.5) is 0 Å². The molecule has 0 bridgehead atoms. The highest BCUT2D eigenvalue weighted by molar-refractivity contribution is 5.79. The second-order valence-corrected chi connectivity index (χ2v) is 7.85. The maximum Gasteiger partial charge on any atom is 0.259 e. The molecule has 0 aliphatic carbocycles. The van der Waals surface area contributed by atoms with E-state index >= 15 is 0 Å². The molecule has 1 N–H and O–H groups in total. The second kappa shape index (κ2) is 8.85. The molecule has 0 saturated carbocycles. The topological polar surface area (TPSA) is 67.6 Å². The Balaban J connectivity index is 1.85. The summed E-state index contributed by atoms with van der Waals surface area (Å²) in [5, 5.41) is 12.2. The zero-order valence-electron chi connectivity index (χ0n) is 18.5. The Bertz CT molecular complexity index is 1180. The quantitative estimate of drug-likeness (QED) is 0.485. The van der Waals surface area contributed by atoms with Crippen molar-refractivity contribution in [1.82, 2.24) is 14.5 Å². The lowest BCUT2D eigenvalue weighted by atomic mass is 9.85. The van der Waals surface area contributed by atoms with Crippen molar-refractivity contribution >= 4 is 16.9 Å². The zero-order chi connectivity index (χ0) is 22.7. The summed E-state index contributed by atoms with van der Waals surface area (Å²) in [6.07, 6.45) is 0. The van der Waals surface area contributed by atoms with Gasteiger partial charge in [-0.2, -0.15) is 0 Å². The van der Waals surface area contributed by atoms with E-state index in [1.165, 1.54) is 4.90 Å². The van der Waals surface area contributed by atoms with Gasteiger partial charge in [-0.05, 0) is 30.2 Å². The number of aryl methyl sites for hydroxylation is 1. The van der Waals surface area contributed by atoms with Gasteiger partial charge in [-0.25, -0.2) is 4.98 Å². The molecule has 1 amide bonds. The van der Waals surface area contributed by atoms with Crippen LogP contribution >= 0.6 is 0 Å². The van der Waals surface area contributed by atoms with Crippen molar-refractivity contribution in [2.45, 2.75) is 19.1 Å². The van der Waals surface area contributed by atoms with Crippen molar-refractivity contribution in [3.8, 4) is 5.75 Å². The number of ether oxygens (including phenoxy) is 1. The third-order valence-electron chi connectivity index (χ3n) is 5.60. The van der Waals surface area contributed by atoms with Gasteiger partial charge in [0, 0.05) is 26.7 Å². The van der Waals surface area contributed by atoms with E-state index in [0.29, 0.717) is 18.1 Å². The van der Waals surface area contributed by atoms with Gasteiger partial charge >= 0.3 is 0 Å². The number of rotatable bonds is 7. The number of benzene rings is 3. The molecule has 32 heavy (non-hydrogen) atoms. The number of likely N-dealkylation sites (N-methyl/N-ethyl adjacent to an activating group) is 1. The van der Waals surface area contributed by atoms with Crippen LogP contribution < -0.4 is 4.74 Å². The van der Waals surface area contributed by atoms with Crippen molar-refractivity contribution in [1.29, 1.82) is 0 Å². The first-order valence-corrected chi connectivity index (χ1v) is 10.6. The van der Waals surface area contributed by atoms with Crippen molar-refractivity contribution in [2.75, 3.05) is 20.7 Å². The van der Waals surface area contributed by atoms with Gasteiger partial charge in [0.15, 0.2) is 18.0 Å². The highest BCUT2D eigenvalue weighted by atomic mass is 16.5. The number of carbonyl (C=O) groups excluding carboxylic acids is 1. The number of aromatic nitrogens is 2. The number of hydrogen-bond donors (Lipinski definition) is 1. The van der Waals surface area contributed by atoms with E-state index in [1.807, 2.05) is 84.3 Å². The number of carbonyl (C=O) groups is 1. The lowest BCUT2D eigenvalue weighted by Gasteiger charge is -2.29. The van der Waals surface area contributed by atoms with Crippen molar-refractivity contribution in [3.05, 3.63) is 95.8 Å². The number of fused-ring (bicyclic) bond motifs is 1. The van der Waals surface area contributed by atoms with Crippen molar-refractivity contribution in [2.24, 2.45) is 0 Å². The first-order chi connectivity index (χ1) is 15.4. The number of hydrogen-bond acceptors (Lipinski definition) is 4. The summed E-state index contributed by atoms with van der Waals surface area (Å²) >= 11 is 0. The highest BCUT2D eigenvalue weighted by Crippen LogP contribution is 2.38. The molecule has 0 atom stereocenters. The maximum atomic E-state index is 12.2. The molecular weight excluding hydrogens is 402 g/mol. The van der Waals surface area contributed by atoms with Gasteiger partial charge in [-0.1, -0.05) is 60.7 Å². The van der Waals surface area contributed by atoms with Crippen molar-refractivity contribution in [3.63, 3.8) is 0 Å². The molecule has 6 nitrogen and oxygen atoms in total. The van der Waals surface area contributed by atoms with Gasteiger partial charge in [-0.3, -0.25) is 4.79 Å². The molecule has 1 heterocycles. The molecule has 0 aliphatic heterocycles. The standard InChI is InChI=1S/C26H27N3O3/c1-4-29-23-17-21(32-18-24(30)28(2)3)15-16-22(23)27-25(29)26(31,19-11-7-5-8-12-19)20-13-9-6-10-14-20/h5-17,31H,4,18H2,1-3H3. The monoisotopic (exact) mass is 429 g/mol. The van der Waals surface area contributed by atoms with E-state index in [9.17, 15) is 9.90 Å². The third kappa shape index (κ3) is 3.85. The van der Waals surface area contributed by atoms with Crippen LogP contribution in [0.1, 0.15) is 23.9 Å². The maximum absolute atomic E-state index is 12.2. The average Bonchev–Trinajstić information content (AvgIpc) is 3.21. The molecule has 6 heteroatoms. The lowest BCUT2D eigenvalue weighted by Crippen LogP contribution is -2.32. The summed E-state index contributed by atoms with van der Waals surface area (Å²) in [5.74, 6) is 1.00. The van der Waals surface area contributed by atoms with Gasteiger partial charge in [-0.15, -0.1) is 0 Å². The molecule has 0 fully saturated rings. The SMILES string of the molecule is CCn1c(C(O)(c2ccccc2)c2ccccc2)nc2ccc(OCC(=O)N(C)C)cc21. The van der Waals surface area contributed by atoms with Crippen LogP contribution in [0.15, 0.2) is 78.9 Å². The summed E-state index contributed by atoms with van der Waals surface area (Å²) in [7, 11) is 3.39. The Morgan fingerprint density at radius 1 is 1.00 bits per heavy atom. The van der Waals surface area contributed by atoms with Crippen LogP contribution in [0, 0.1) is 0 Å². The van der Waals surface area contributed by atoms with E-state index in [-0.39, 0.29) is 12.5 Å². The Morgan fingerprint density at radius 2 is 1.59 bits per heavy atom. The Kier molecular flexibility index (Phi) is 5.97. The van der Waals surface area contributed by atoms with E-state index in [2.05, 4.69) is 0 Å². The fourth-order valence-electron chi connectivity index (χ4n) is 3.85. The summed E-state index contributed by atoms with van der Waals surface area (Å²) in [6.45, 7) is 2.58. The molecule has 4 rings (SSSR count). The molecule has 0 saturated heterocycles. The van der Waals surface area contributed by atoms with Crippen LogP contribution in [0.3, 0.4) is 0 Å². The molecule has 0 radical (unpaired) electrons. The highest BCUT2D eigenvalue weighted by Gasteiger charge is 2.38. The van der Waals surface area contributed by atoms with Crippen molar-refractivity contribution < 1.29 is 14.6 Å². The van der Waals surface area contributed by atoms with Gasteiger partial charge < -0.3 is 19.3 Å². The molecule has 3 aromatic carbocycles. The normalized spacial score (nSPS) is 11.5.